The van der Waals surface area contributed by atoms with Crippen LogP contribution in [-0.4, -0.2) is 22.7 Å². The number of hydrogen-bond donors (Lipinski definition) is 4. The van der Waals surface area contributed by atoms with E-state index in [0.717, 1.165) is 33.8 Å². The van der Waals surface area contributed by atoms with Crippen LogP contribution in [0.3, 0.4) is 0 Å². The smallest absolute Gasteiger partial charge is 0.184 e. The summed E-state index contributed by atoms with van der Waals surface area (Å²) in [6.07, 6.45) is 3.26. The zero-order valence-corrected chi connectivity index (χ0v) is 19.8. The van der Waals surface area contributed by atoms with Crippen molar-refractivity contribution in [3.63, 3.8) is 0 Å². The molecule has 10 heteroatoms. The highest BCUT2D eigenvalue weighted by Gasteiger charge is 2.00. The van der Waals surface area contributed by atoms with Crippen molar-refractivity contribution in [2.45, 2.75) is 13.2 Å². The molecule has 0 radical (unpaired) electrons. The van der Waals surface area contributed by atoms with Crippen molar-refractivity contribution in [2.24, 2.45) is 21.7 Å². The summed E-state index contributed by atoms with van der Waals surface area (Å²) in [6.45, 7) is 0.925. The largest absolute Gasteiger partial charge is 0.489 e. The number of hydrogen-bond acceptors (Lipinski definition) is 6. The number of ether oxygens (including phenoxy) is 2. The molecule has 0 fully saturated rings. The van der Waals surface area contributed by atoms with Crippen LogP contribution in [-0.2, 0) is 13.2 Å². The topological polar surface area (TPSA) is 119 Å². The second kappa shape index (κ2) is 12.9. The van der Waals surface area contributed by atoms with Gasteiger partial charge in [-0.15, -0.1) is 0 Å². The molecule has 0 aliphatic carbocycles. The normalized spacial score (nSPS) is 10.8. The van der Waals surface area contributed by atoms with Crippen LogP contribution < -0.4 is 31.8 Å². The van der Waals surface area contributed by atoms with Gasteiger partial charge in [-0.05, 0) is 95.2 Å². The molecule has 0 saturated heterocycles. The standard InChI is InChI=1S/C24H24N6O2S2/c25-23(33)29-27-13-17-5-9-21(10-6-17)31-15-19-1-2-20(4-3-19)16-32-22-11-7-18(8-12-22)14-28-30-24(26)34/h1-14H,15-16H2,(H3,25,29,33)(H3,26,30,34)/b27-13-,28-14-. The third-order valence-corrected chi connectivity index (χ3v) is 4.55. The molecule has 6 N–H and O–H groups in total. The van der Waals surface area contributed by atoms with E-state index in [1.54, 1.807) is 12.4 Å². The van der Waals surface area contributed by atoms with Crippen LogP contribution in [0.1, 0.15) is 22.3 Å². The molecule has 3 aromatic rings. The van der Waals surface area contributed by atoms with E-state index >= 15 is 0 Å². The molecule has 0 aliphatic heterocycles. The molecule has 0 heterocycles. The first-order valence-electron chi connectivity index (χ1n) is 10.2. The fourth-order valence-electron chi connectivity index (χ4n) is 2.71. The van der Waals surface area contributed by atoms with Crippen LogP contribution in [0.15, 0.2) is 83.0 Å². The summed E-state index contributed by atoms with van der Waals surface area (Å²) in [4.78, 5) is 0. The van der Waals surface area contributed by atoms with Gasteiger partial charge in [0.25, 0.3) is 0 Å². The lowest BCUT2D eigenvalue weighted by Gasteiger charge is -2.09. The summed E-state index contributed by atoms with van der Waals surface area (Å²) >= 11 is 9.39. The fourth-order valence-corrected chi connectivity index (χ4v) is 2.81. The van der Waals surface area contributed by atoms with Crippen molar-refractivity contribution in [3.8, 4) is 11.5 Å². The van der Waals surface area contributed by atoms with Crippen LogP contribution in [0.25, 0.3) is 0 Å². The number of thiocarbonyl (C=S) groups is 2. The van der Waals surface area contributed by atoms with Gasteiger partial charge in [0.2, 0.25) is 0 Å². The number of nitrogens with one attached hydrogen (secondary N) is 2. The van der Waals surface area contributed by atoms with Gasteiger partial charge in [-0.2, -0.15) is 10.2 Å². The van der Waals surface area contributed by atoms with E-state index in [-0.39, 0.29) is 10.2 Å². The first-order chi connectivity index (χ1) is 16.5. The monoisotopic (exact) mass is 492 g/mol. The number of nitrogens with two attached hydrogens (primary N) is 2. The van der Waals surface area contributed by atoms with Crippen molar-refractivity contribution in [3.05, 3.63) is 95.1 Å². The first kappa shape index (κ1) is 24.6. The molecular weight excluding hydrogens is 468 g/mol. The van der Waals surface area contributed by atoms with Crippen LogP contribution in [0.4, 0.5) is 0 Å². The second-order valence-corrected chi connectivity index (χ2v) is 7.88. The van der Waals surface area contributed by atoms with Crippen LogP contribution in [0.2, 0.25) is 0 Å². The quantitative estimate of drug-likeness (QED) is 0.194. The minimum absolute atomic E-state index is 0.122. The van der Waals surface area contributed by atoms with Crippen molar-refractivity contribution in [1.82, 2.24) is 10.9 Å². The maximum Gasteiger partial charge on any atom is 0.184 e. The summed E-state index contributed by atoms with van der Waals surface area (Å²) < 4.78 is 11.7. The van der Waals surface area contributed by atoms with Gasteiger partial charge < -0.3 is 20.9 Å². The van der Waals surface area contributed by atoms with E-state index in [0.29, 0.717) is 13.2 Å². The Hall–Kier alpha value is -4.02. The van der Waals surface area contributed by atoms with E-state index < -0.39 is 0 Å². The first-order valence-corrected chi connectivity index (χ1v) is 11.0. The van der Waals surface area contributed by atoms with Gasteiger partial charge in [0.05, 0.1) is 12.4 Å². The van der Waals surface area contributed by atoms with E-state index in [2.05, 4.69) is 21.1 Å². The molecule has 0 bridgehead atoms. The lowest BCUT2D eigenvalue weighted by Crippen LogP contribution is -2.23. The van der Waals surface area contributed by atoms with Crippen LogP contribution >= 0.6 is 24.4 Å². The average molecular weight is 493 g/mol. The maximum atomic E-state index is 5.85. The summed E-state index contributed by atoms with van der Waals surface area (Å²) in [5, 5.41) is 8.08. The molecule has 3 aromatic carbocycles. The molecule has 0 saturated carbocycles. The Morgan fingerprint density at radius 1 is 0.647 bits per heavy atom. The summed E-state index contributed by atoms with van der Waals surface area (Å²) in [5.41, 5.74) is 19.6. The van der Waals surface area contributed by atoms with Crippen molar-refractivity contribution in [2.75, 3.05) is 0 Å². The van der Waals surface area contributed by atoms with Gasteiger partial charge in [-0.3, -0.25) is 10.9 Å². The number of rotatable bonds is 10. The van der Waals surface area contributed by atoms with Gasteiger partial charge in [0.1, 0.15) is 24.7 Å². The summed E-state index contributed by atoms with van der Waals surface area (Å²) in [5.74, 6) is 1.53. The zero-order valence-electron chi connectivity index (χ0n) is 18.2. The fraction of sp³-hybridized carbons (Fsp3) is 0.0833. The minimum atomic E-state index is 0.122. The van der Waals surface area contributed by atoms with E-state index in [4.69, 9.17) is 45.4 Å². The van der Waals surface area contributed by atoms with Gasteiger partial charge in [-0.1, -0.05) is 24.3 Å². The minimum Gasteiger partial charge on any atom is -0.489 e. The zero-order chi connectivity index (χ0) is 24.2. The third kappa shape index (κ3) is 8.85. The van der Waals surface area contributed by atoms with E-state index in [9.17, 15) is 0 Å². The van der Waals surface area contributed by atoms with E-state index in [1.807, 2.05) is 72.8 Å². The predicted octanol–water partition coefficient (Wildman–Crippen LogP) is 3.18. The second-order valence-electron chi connectivity index (χ2n) is 7.00. The maximum absolute atomic E-state index is 5.85. The Morgan fingerprint density at radius 3 is 1.32 bits per heavy atom. The molecular formula is C24H24N6O2S2. The summed E-state index contributed by atoms with van der Waals surface area (Å²) in [7, 11) is 0. The molecule has 0 atom stereocenters. The SMILES string of the molecule is NC(=S)N/N=C\c1ccc(OCc2ccc(COc3ccc(/C=N\NC(N)=S)cc3)cc2)cc1. The molecule has 34 heavy (non-hydrogen) atoms. The van der Waals surface area contributed by atoms with E-state index in [1.165, 1.54) is 0 Å². The van der Waals surface area contributed by atoms with Gasteiger partial charge in [0.15, 0.2) is 10.2 Å². The highest BCUT2D eigenvalue weighted by molar-refractivity contribution is 7.80. The molecule has 3 rings (SSSR count). The Bertz CT molecular complexity index is 1060. The van der Waals surface area contributed by atoms with Crippen molar-refractivity contribution in [1.29, 1.82) is 0 Å². The van der Waals surface area contributed by atoms with Gasteiger partial charge in [0, 0.05) is 0 Å². The van der Waals surface area contributed by atoms with Gasteiger partial charge >= 0.3 is 0 Å². The Balaban J connectivity index is 1.43. The summed E-state index contributed by atoms with van der Waals surface area (Å²) in [6, 6.07) is 23.2. The molecule has 0 amide bonds. The Morgan fingerprint density at radius 2 is 1.00 bits per heavy atom. The van der Waals surface area contributed by atoms with Crippen LogP contribution in [0.5, 0.6) is 11.5 Å². The molecule has 0 unspecified atom stereocenters. The molecule has 0 spiro atoms. The highest BCUT2D eigenvalue weighted by atomic mass is 32.1. The van der Waals surface area contributed by atoms with Crippen molar-refractivity contribution < 1.29 is 9.47 Å². The molecule has 8 nitrogen and oxygen atoms in total. The van der Waals surface area contributed by atoms with Gasteiger partial charge in [-0.25, -0.2) is 0 Å². The molecule has 174 valence electrons. The number of hydrazone groups is 2. The Kier molecular flexibility index (Phi) is 9.32. The highest BCUT2D eigenvalue weighted by Crippen LogP contribution is 2.16. The predicted molar refractivity (Wildman–Crippen MR) is 143 cm³/mol. The van der Waals surface area contributed by atoms with Crippen molar-refractivity contribution >= 4 is 47.1 Å². The average Bonchev–Trinajstić information content (AvgIpc) is 2.83. The van der Waals surface area contributed by atoms with Crippen LogP contribution in [0, 0.1) is 0 Å². The molecule has 0 aliphatic rings. The Labute approximate surface area is 208 Å². The lowest BCUT2D eigenvalue weighted by molar-refractivity contribution is 0.302. The third-order valence-electron chi connectivity index (χ3n) is 4.37. The lowest BCUT2D eigenvalue weighted by atomic mass is 10.1. The molecule has 0 aromatic heterocycles. The number of benzene rings is 3. The number of nitrogens with zero attached hydrogens (tertiary/aromatic N) is 2.